The van der Waals surface area contributed by atoms with Gasteiger partial charge in [-0.3, -0.25) is 4.79 Å². The summed E-state index contributed by atoms with van der Waals surface area (Å²) < 4.78 is 10.6. The summed E-state index contributed by atoms with van der Waals surface area (Å²) >= 11 is 0. The molecule has 0 radical (unpaired) electrons. The van der Waals surface area contributed by atoms with Crippen molar-refractivity contribution in [1.29, 1.82) is 5.26 Å². The molecule has 23 heavy (non-hydrogen) atoms. The number of nitriles is 1. The monoisotopic (exact) mass is 306 g/mol. The minimum absolute atomic E-state index is 0.168. The van der Waals surface area contributed by atoms with Gasteiger partial charge in [-0.25, -0.2) is 0 Å². The second kappa shape index (κ2) is 6.24. The molecule has 3 rings (SSSR count). The molecule has 1 aromatic heterocycles. The predicted octanol–water partition coefficient (Wildman–Crippen LogP) is 3.49. The van der Waals surface area contributed by atoms with Gasteiger partial charge in [0.2, 0.25) is 5.91 Å². The normalized spacial score (nSPS) is 10.3. The van der Waals surface area contributed by atoms with E-state index in [0.717, 1.165) is 10.9 Å². The summed E-state index contributed by atoms with van der Waals surface area (Å²) in [5.74, 6) is 0.537. The van der Waals surface area contributed by atoms with Crippen LogP contribution in [0.15, 0.2) is 53.1 Å². The maximum Gasteiger partial charge on any atom is 0.228 e. The molecule has 0 bridgehead atoms. The number of rotatable bonds is 4. The Morgan fingerprint density at radius 2 is 2.17 bits per heavy atom. The van der Waals surface area contributed by atoms with Crippen molar-refractivity contribution in [3.8, 4) is 11.8 Å². The van der Waals surface area contributed by atoms with Crippen LogP contribution in [0, 0.1) is 11.3 Å². The van der Waals surface area contributed by atoms with Crippen LogP contribution in [0.3, 0.4) is 0 Å². The minimum Gasteiger partial charge on any atom is -0.497 e. The van der Waals surface area contributed by atoms with E-state index in [0.29, 0.717) is 22.6 Å². The summed E-state index contributed by atoms with van der Waals surface area (Å²) in [4.78, 5) is 12.2. The fourth-order valence-electron chi connectivity index (χ4n) is 2.37. The van der Waals surface area contributed by atoms with Gasteiger partial charge >= 0.3 is 0 Å². The molecule has 0 fully saturated rings. The van der Waals surface area contributed by atoms with Crippen LogP contribution in [0.1, 0.15) is 11.1 Å². The Balaban J connectivity index is 1.76. The molecule has 5 nitrogen and oxygen atoms in total. The Morgan fingerprint density at radius 3 is 2.96 bits per heavy atom. The van der Waals surface area contributed by atoms with Gasteiger partial charge in [0.1, 0.15) is 11.3 Å². The number of nitrogens with zero attached hydrogens (tertiary/aromatic N) is 1. The highest BCUT2D eigenvalue weighted by molar-refractivity contribution is 5.95. The molecule has 114 valence electrons. The van der Waals surface area contributed by atoms with Crippen molar-refractivity contribution in [2.45, 2.75) is 6.42 Å². The number of amides is 1. The number of methoxy groups -OCH3 is 1. The number of ether oxygens (including phenoxy) is 1. The highest BCUT2D eigenvalue weighted by Gasteiger charge is 2.11. The third-order valence-corrected chi connectivity index (χ3v) is 3.49. The first-order valence-electron chi connectivity index (χ1n) is 7.04. The lowest BCUT2D eigenvalue weighted by molar-refractivity contribution is -0.115. The molecule has 3 aromatic rings. The van der Waals surface area contributed by atoms with Crippen molar-refractivity contribution < 1.29 is 13.9 Å². The lowest BCUT2D eigenvalue weighted by Gasteiger charge is -2.05. The molecule has 0 aliphatic heterocycles. The lowest BCUT2D eigenvalue weighted by Crippen LogP contribution is -2.14. The van der Waals surface area contributed by atoms with E-state index >= 15 is 0 Å². The average molecular weight is 306 g/mol. The number of hydrogen-bond acceptors (Lipinski definition) is 4. The summed E-state index contributed by atoms with van der Waals surface area (Å²) in [6, 6.07) is 14.3. The second-order valence-electron chi connectivity index (χ2n) is 5.04. The molecule has 5 heteroatoms. The quantitative estimate of drug-likeness (QED) is 0.800. The third-order valence-electron chi connectivity index (χ3n) is 3.49. The van der Waals surface area contributed by atoms with Crippen LogP contribution < -0.4 is 10.1 Å². The van der Waals surface area contributed by atoms with Crippen molar-refractivity contribution >= 4 is 22.6 Å². The van der Waals surface area contributed by atoms with Crippen molar-refractivity contribution in [3.63, 3.8) is 0 Å². The summed E-state index contributed by atoms with van der Waals surface area (Å²) in [6.45, 7) is 0. The Hall–Kier alpha value is -3.26. The van der Waals surface area contributed by atoms with E-state index in [4.69, 9.17) is 14.4 Å². The van der Waals surface area contributed by atoms with Crippen molar-refractivity contribution in [1.82, 2.24) is 0 Å². The fraction of sp³-hybridized carbons (Fsp3) is 0.111. The zero-order valence-electron chi connectivity index (χ0n) is 12.5. The fourth-order valence-corrected chi connectivity index (χ4v) is 2.37. The van der Waals surface area contributed by atoms with Crippen LogP contribution >= 0.6 is 0 Å². The van der Waals surface area contributed by atoms with Crippen LogP contribution in [-0.4, -0.2) is 13.0 Å². The molecular weight excluding hydrogens is 292 g/mol. The topological polar surface area (TPSA) is 75.3 Å². The Morgan fingerprint density at radius 1 is 1.30 bits per heavy atom. The standard InChI is InChI=1S/C18H14N2O3/c1-22-15-5-6-16-13(11-23-17(16)9-15)8-18(21)20-14-4-2-3-12(7-14)10-19/h2-7,9,11H,8H2,1H3,(H,20,21). The largest absolute Gasteiger partial charge is 0.497 e. The number of carbonyl (C=O) groups excluding carboxylic acids is 1. The van der Waals surface area contributed by atoms with E-state index in [2.05, 4.69) is 5.32 Å². The number of nitrogens with one attached hydrogen (secondary N) is 1. The smallest absolute Gasteiger partial charge is 0.228 e. The molecule has 1 heterocycles. The van der Waals surface area contributed by atoms with Gasteiger partial charge in [0.25, 0.3) is 0 Å². The molecule has 0 unspecified atom stereocenters. The molecule has 1 N–H and O–H groups in total. The minimum atomic E-state index is -0.168. The second-order valence-corrected chi connectivity index (χ2v) is 5.04. The summed E-state index contributed by atoms with van der Waals surface area (Å²) in [7, 11) is 1.59. The zero-order chi connectivity index (χ0) is 16.2. The maximum absolute atomic E-state index is 12.2. The van der Waals surface area contributed by atoms with Gasteiger partial charge in [-0.2, -0.15) is 5.26 Å². The Bertz CT molecular complexity index is 906. The number of carbonyl (C=O) groups is 1. The molecule has 0 saturated carbocycles. The van der Waals surface area contributed by atoms with Gasteiger partial charge < -0.3 is 14.5 Å². The Labute approximate surface area is 133 Å². The summed E-state index contributed by atoms with van der Waals surface area (Å²) in [6.07, 6.45) is 1.77. The average Bonchev–Trinajstić information content (AvgIpc) is 2.97. The molecule has 0 aliphatic rings. The van der Waals surface area contributed by atoms with Crippen LogP contribution in [0.25, 0.3) is 11.0 Å². The van der Waals surface area contributed by atoms with Gasteiger partial charge in [-0.15, -0.1) is 0 Å². The van der Waals surface area contributed by atoms with E-state index in [1.54, 1.807) is 43.7 Å². The van der Waals surface area contributed by atoms with Gasteiger partial charge in [0.05, 0.1) is 31.4 Å². The number of anilines is 1. The highest BCUT2D eigenvalue weighted by Crippen LogP contribution is 2.26. The lowest BCUT2D eigenvalue weighted by atomic mass is 10.1. The van der Waals surface area contributed by atoms with E-state index in [-0.39, 0.29) is 12.3 Å². The Kier molecular flexibility index (Phi) is 3.98. The number of benzene rings is 2. The molecule has 1 amide bonds. The predicted molar refractivity (Wildman–Crippen MR) is 86.3 cm³/mol. The zero-order valence-corrected chi connectivity index (χ0v) is 12.5. The molecule has 0 atom stereocenters. The van der Waals surface area contributed by atoms with Crippen molar-refractivity contribution in [3.05, 3.63) is 59.9 Å². The van der Waals surface area contributed by atoms with Crippen LogP contribution in [0.5, 0.6) is 5.75 Å². The van der Waals surface area contributed by atoms with E-state index in [9.17, 15) is 4.79 Å². The van der Waals surface area contributed by atoms with Crippen LogP contribution in [0.2, 0.25) is 0 Å². The highest BCUT2D eigenvalue weighted by atomic mass is 16.5. The van der Waals surface area contributed by atoms with E-state index in [1.165, 1.54) is 0 Å². The third kappa shape index (κ3) is 3.16. The van der Waals surface area contributed by atoms with Crippen LogP contribution in [0.4, 0.5) is 5.69 Å². The molecule has 0 spiro atoms. The van der Waals surface area contributed by atoms with Crippen molar-refractivity contribution in [2.75, 3.05) is 12.4 Å². The number of hydrogen-bond donors (Lipinski definition) is 1. The summed E-state index contributed by atoms with van der Waals surface area (Å²) in [5.41, 5.74) is 2.59. The molecule has 0 aliphatic carbocycles. The SMILES string of the molecule is COc1ccc2c(CC(=O)Nc3cccc(C#N)c3)coc2c1. The van der Waals surface area contributed by atoms with Crippen LogP contribution in [-0.2, 0) is 11.2 Å². The van der Waals surface area contributed by atoms with E-state index < -0.39 is 0 Å². The number of furan rings is 1. The van der Waals surface area contributed by atoms with E-state index in [1.807, 2.05) is 18.2 Å². The van der Waals surface area contributed by atoms with Gasteiger partial charge in [-0.1, -0.05) is 6.07 Å². The molecule has 0 saturated heterocycles. The first-order valence-corrected chi connectivity index (χ1v) is 7.04. The van der Waals surface area contributed by atoms with Crippen molar-refractivity contribution in [2.24, 2.45) is 0 Å². The first-order chi connectivity index (χ1) is 11.2. The number of fused-ring (bicyclic) bond motifs is 1. The maximum atomic E-state index is 12.2. The first kappa shape index (κ1) is 14.7. The molecule has 2 aromatic carbocycles. The summed E-state index contributed by atoms with van der Waals surface area (Å²) in [5, 5.41) is 12.5. The van der Waals surface area contributed by atoms with Gasteiger partial charge in [0, 0.05) is 22.7 Å². The molecular formula is C18H14N2O3. The van der Waals surface area contributed by atoms with Gasteiger partial charge in [0.15, 0.2) is 0 Å². The van der Waals surface area contributed by atoms with Gasteiger partial charge in [-0.05, 0) is 30.3 Å².